The van der Waals surface area contributed by atoms with E-state index in [0.29, 0.717) is 30.0 Å². The number of carbonyl (C=O) groups is 2. The molecular weight excluding hydrogens is 356 g/mol. The van der Waals surface area contributed by atoms with E-state index in [2.05, 4.69) is 9.97 Å². The number of nitrogens with zero attached hydrogens (tertiary/aromatic N) is 4. The summed E-state index contributed by atoms with van der Waals surface area (Å²) in [5.41, 5.74) is 2.24. The van der Waals surface area contributed by atoms with Gasteiger partial charge in [-0.3, -0.25) is 4.79 Å². The zero-order valence-electron chi connectivity index (χ0n) is 16.3. The van der Waals surface area contributed by atoms with Gasteiger partial charge in [-0.2, -0.15) is 0 Å². The summed E-state index contributed by atoms with van der Waals surface area (Å²) >= 11 is 0. The second-order valence-electron chi connectivity index (χ2n) is 6.69. The molecule has 3 rings (SSSR count). The number of rotatable bonds is 7. The van der Waals surface area contributed by atoms with Crippen LogP contribution in [0.1, 0.15) is 42.5 Å². The third kappa shape index (κ3) is 4.19. The van der Waals surface area contributed by atoms with Gasteiger partial charge in [0.1, 0.15) is 12.1 Å². The summed E-state index contributed by atoms with van der Waals surface area (Å²) in [7, 11) is 1.69. The van der Waals surface area contributed by atoms with Crippen LogP contribution < -0.4 is 0 Å². The highest BCUT2D eigenvalue weighted by molar-refractivity contribution is 5.94. The number of imidazole rings is 1. The molecule has 0 radical (unpaired) electrons. The molecule has 1 amide bonds. The van der Waals surface area contributed by atoms with Crippen molar-refractivity contribution >= 4 is 23.0 Å². The molecule has 0 bridgehead atoms. The molecule has 2 heterocycles. The van der Waals surface area contributed by atoms with Gasteiger partial charge in [0, 0.05) is 26.7 Å². The fraction of sp³-hybridized carbons (Fsp3) is 0.333. The average Bonchev–Trinajstić information content (AvgIpc) is 3.10. The van der Waals surface area contributed by atoms with Crippen molar-refractivity contribution in [3.8, 4) is 0 Å². The van der Waals surface area contributed by atoms with Gasteiger partial charge in [-0.05, 0) is 24.1 Å². The molecule has 0 aliphatic carbocycles. The van der Waals surface area contributed by atoms with Crippen LogP contribution in [0.2, 0.25) is 0 Å². The monoisotopic (exact) mass is 380 g/mol. The van der Waals surface area contributed by atoms with Crippen LogP contribution in [0.4, 0.5) is 4.79 Å². The zero-order valence-corrected chi connectivity index (χ0v) is 16.3. The molecule has 0 fully saturated rings. The number of ketones is 1. The first-order valence-corrected chi connectivity index (χ1v) is 9.27. The van der Waals surface area contributed by atoms with E-state index in [1.807, 2.05) is 47.9 Å². The number of ether oxygens (including phenoxy) is 1. The molecule has 0 saturated carbocycles. The van der Waals surface area contributed by atoms with Crippen LogP contribution in [-0.2, 0) is 11.3 Å². The van der Waals surface area contributed by atoms with Gasteiger partial charge in [-0.25, -0.2) is 14.8 Å². The number of amides is 1. The van der Waals surface area contributed by atoms with Crippen molar-refractivity contribution < 1.29 is 14.3 Å². The van der Waals surface area contributed by atoms with E-state index < -0.39 is 6.09 Å². The standard InChI is InChI=1S/C21H24N4O3/c1-4-17(13-24(3)21(27)28-14-16-9-6-5-7-10-16)25-19(15(2)26)23-18-11-8-12-22-20(18)25/h5-12,17H,4,13-14H2,1-3H3/t17-/m1/s1. The maximum atomic E-state index is 12.4. The van der Waals surface area contributed by atoms with Crippen LogP contribution in [-0.4, -0.2) is 44.9 Å². The minimum atomic E-state index is -0.413. The number of pyridine rings is 1. The molecule has 0 unspecified atom stereocenters. The van der Waals surface area contributed by atoms with E-state index in [1.165, 1.54) is 11.8 Å². The van der Waals surface area contributed by atoms with Crippen molar-refractivity contribution in [2.24, 2.45) is 0 Å². The van der Waals surface area contributed by atoms with Crippen molar-refractivity contribution in [1.82, 2.24) is 19.4 Å². The second-order valence-corrected chi connectivity index (χ2v) is 6.69. The van der Waals surface area contributed by atoms with Crippen LogP contribution in [0, 0.1) is 0 Å². The van der Waals surface area contributed by atoms with E-state index >= 15 is 0 Å². The van der Waals surface area contributed by atoms with Crippen molar-refractivity contribution in [3.63, 3.8) is 0 Å². The Hall–Kier alpha value is -3.22. The SMILES string of the molecule is CC[C@H](CN(C)C(=O)OCc1ccccc1)n1c(C(C)=O)nc2cccnc21. The summed E-state index contributed by atoms with van der Waals surface area (Å²) in [5.74, 6) is 0.220. The van der Waals surface area contributed by atoms with Crippen LogP contribution in [0.15, 0.2) is 48.7 Å². The summed E-state index contributed by atoms with van der Waals surface area (Å²) in [6, 6.07) is 13.0. The molecule has 146 valence electrons. The summed E-state index contributed by atoms with van der Waals surface area (Å²) < 4.78 is 7.23. The lowest BCUT2D eigenvalue weighted by molar-refractivity contribution is 0.0975. The van der Waals surface area contributed by atoms with Gasteiger partial charge in [-0.15, -0.1) is 0 Å². The minimum Gasteiger partial charge on any atom is -0.445 e. The lowest BCUT2D eigenvalue weighted by Crippen LogP contribution is -2.34. The molecule has 28 heavy (non-hydrogen) atoms. The first-order chi connectivity index (χ1) is 13.5. The predicted molar refractivity (Wildman–Crippen MR) is 106 cm³/mol. The number of carbonyl (C=O) groups excluding carboxylic acids is 2. The molecule has 0 N–H and O–H groups in total. The largest absolute Gasteiger partial charge is 0.445 e. The van der Waals surface area contributed by atoms with E-state index in [9.17, 15) is 9.59 Å². The summed E-state index contributed by atoms with van der Waals surface area (Å²) in [4.78, 5) is 34.9. The number of benzene rings is 1. The highest BCUT2D eigenvalue weighted by Gasteiger charge is 2.24. The molecule has 1 aromatic carbocycles. The number of hydrogen-bond donors (Lipinski definition) is 0. The fourth-order valence-corrected chi connectivity index (χ4v) is 3.14. The first kappa shape index (κ1) is 19.5. The number of hydrogen-bond acceptors (Lipinski definition) is 5. The second kappa shape index (κ2) is 8.65. The maximum Gasteiger partial charge on any atom is 0.409 e. The van der Waals surface area contributed by atoms with Gasteiger partial charge in [0.05, 0.1) is 6.04 Å². The van der Waals surface area contributed by atoms with Crippen LogP contribution in [0.25, 0.3) is 11.2 Å². The van der Waals surface area contributed by atoms with E-state index in [-0.39, 0.29) is 18.4 Å². The van der Waals surface area contributed by atoms with Crippen LogP contribution in [0.3, 0.4) is 0 Å². The molecular formula is C21H24N4O3. The van der Waals surface area contributed by atoms with Gasteiger partial charge in [0.2, 0.25) is 0 Å². The Labute approximate surface area is 164 Å². The third-order valence-electron chi connectivity index (χ3n) is 4.60. The first-order valence-electron chi connectivity index (χ1n) is 9.27. The Morgan fingerprint density at radius 3 is 2.61 bits per heavy atom. The number of likely N-dealkylation sites (N-methyl/N-ethyl adjacent to an activating group) is 1. The average molecular weight is 380 g/mol. The third-order valence-corrected chi connectivity index (χ3v) is 4.60. The van der Waals surface area contributed by atoms with Gasteiger partial charge in [0.25, 0.3) is 0 Å². The summed E-state index contributed by atoms with van der Waals surface area (Å²) in [5, 5.41) is 0. The Balaban J connectivity index is 1.76. The van der Waals surface area contributed by atoms with E-state index in [1.54, 1.807) is 19.3 Å². The maximum absolute atomic E-state index is 12.4. The van der Waals surface area contributed by atoms with Gasteiger partial charge < -0.3 is 14.2 Å². The molecule has 1 atom stereocenters. The molecule has 2 aromatic heterocycles. The Bertz CT molecular complexity index is 968. The van der Waals surface area contributed by atoms with Crippen molar-refractivity contribution in [1.29, 1.82) is 0 Å². The zero-order chi connectivity index (χ0) is 20.1. The van der Waals surface area contributed by atoms with Gasteiger partial charge in [0.15, 0.2) is 17.3 Å². The van der Waals surface area contributed by atoms with E-state index in [4.69, 9.17) is 4.74 Å². The Morgan fingerprint density at radius 1 is 1.18 bits per heavy atom. The van der Waals surface area contributed by atoms with Crippen molar-refractivity contribution in [2.45, 2.75) is 32.9 Å². The molecule has 0 aliphatic heterocycles. The summed E-state index contributed by atoms with van der Waals surface area (Å²) in [6.45, 7) is 4.09. The minimum absolute atomic E-state index is 0.134. The molecule has 0 aliphatic rings. The van der Waals surface area contributed by atoms with Gasteiger partial charge in [-0.1, -0.05) is 37.3 Å². The fourth-order valence-electron chi connectivity index (χ4n) is 3.14. The Kier molecular flexibility index (Phi) is 6.03. The van der Waals surface area contributed by atoms with Crippen molar-refractivity contribution in [3.05, 3.63) is 60.0 Å². The van der Waals surface area contributed by atoms with Crippen LogP contribution >= 0.6 is 0 Å². The number of Topliss-reactive ketones (excluding diaryl/α,β-unsaturated/α-hetero) is 1. The van der Waals surface area contributed by atoms with Gasteiger partial charge >= 0.3 is 6.09 Å². The lowest BCUT2D eigenvalue weighted by atomic mass is 10.2. The lowest BCUT2D eigenvalue weighted by Gasteiger charge is -2.25. The highest BCUT2D eigenvalue weighted by Crippen LogP contribution is 2.23. The number of aromatic nitrogens is 3. The smallest absolute Gasteiger partial charge is 0.409 e. The molecule has 0 saturated heterocycles. The molecule has 0 spiro atoms. The summed E-state index contributed by atoms with van der Waals surface area (Å²) in [6.07, 6.45) is 1.97. The normalized spacial score (nSPS) is 12.0. The Morgan fingerprint density at radius 2 is 1.93 bits per heavy atom. The predicted octanol–water partition coefficient (Wildman–Crippen LogP) is 3.85. The highest BCUT2D eigenvalue weighted by atomic mass is 16.6. The van der Waals surface area contributed by atoms with Crippen molar-refractivity contribution in [2.75, 3.05) is 13.6 Å². The van der Waals surface area contributed by atoms with Crippen LogP contribution in [0.5, 0.6) is 0 Å². The quantitative estimate of drug-likeness (QED) is 0.582. The molecule has 7 heteroatoms. The molecule has 7 nitrogen and oxygen atoms in total. The molecule has 3 aromatic rings. The number of fused-ring (bicyclic) bond motifs is 1. The topological polar surface area (TPSA) is 77.3 Å². The van der Waals surface area contributed by atoms with E-state index in [0.717, 1.165) is 5.56 Å².